The molecule has 0 fully saturated rings. The summed E-state index contributed by atoms with van der Waals surface area (Å²) in [6, 6.07) is 6.98. The maximum atomic E-state index is 12.5. The number of methoxy groups -OCH3 is 1. The summed E-state index contributed by atoms with van der Waals surface area (Å²) in [6.07, 6.45) is 0.127. The standard InChI is InChI=1S/C17H18BrN5O4/c1-21-14-13(15(25)22(2)17(21)26)23(16(18)20-14)9-8-12(24)19-10-4-6-11(27-3)7-5-10/h4-7H,8-9H2,1-3H3,(H,19,24). The number of ether oxygens (including phenoxy) is 1. The number of nitrogens with one attached hydrogen (secondary N) is 1. The maximum absolute atomic E-state index is 12.5. The topological polar surface area (TPSA) is 100 Å². The highest BCUT2D eigenvalue weighted by Gasteiger charge is 2.18. The van der Waals surface area contributed by atoms with Gasteiger partial charge in [0.05, 0.1) is 7.11 Å². The monoisotopic (exact) mass is 435 g/mol. The van der Waals surface area contributed by atoms with Crippen molar-refractivity contribution in [2.45, 2.75) is 13.0 Å². The van der Waals surface area contributed by atoms with E-state index in [0.29, 0.717) is 16.2 Å². The lowest BCUT2D eigenvalue weighted by Crippen LogP contribution is -2.37. The Labute approximate surface area is 162 Å². The molecule has 0 aliphatic heterocycles. The fraction of sp³-hybridized carbons (Fsp3) is 0.294. The molecule has 0 saturated heterocycles. The van der Waals surface area contributed by atoms with Crippen LogP contribution in [0.5, 0.6) is 5.75 Å². The van der Waals surface area contributed by atoms with Crippen molar-refractivity contribution in [3.8, 4) is 5.75 Å². The molecule has 1 aromatic carbocycles. The van der Waals surface area contributed by atoms with E-state index in [1.807, 2.05) is 0 Å². The van der Waals surface area contributed by atoms with Gasteiger partial charge in [0.15, 0.2) is 15.9 Å². The number of anilines is 1. The molecule has 2 heterocycles. The number of carbonyl (C=O) groups is 1. The van der Waals surface area contributed by atoms with E-state index in [1.165, 1.54) is 11.6 Å². The molecule has 0 bridgehead atoms. The second kappa shape index (κ2) is 7.39. The van der Waals surface area contributed by atoms with Gasteiger partial charge in [-0.25, -0.2) is 9.78 Å². The van der Waals surface area contributed by atoms with Crippen LogP contribution in [0.15, 0.2) is 38.6 Å². The number of hydrogen-bond donors (Lipinski definition) is 1. The van der Waals surface area contributed by atoms with Crippen molar-refractivity contribution < 1.29 is 9.53 Å². The van der Waals surface area contributed by atoms with E-state index in [2.05, 4.69) is 26.2 Å². The third kappa shape index (κ3) is 3.52. The van der Waals surface area contributed by atoms with Crippen molar-refractivity contribution in [1.82, 2.24) is 18.7 Å². The molecule has 9 nitrogen and oxygen atoms in total. The predicted molar refractivity (Wildman–Crippen MR) is 104 cm³/mol. The summed E-state index contributed by atoms with van der Waals surface area (Å²) >= 11 is 3.30. The minimum atomic E-state index is -0.457. The van der Waals surface area contributed by atoms with Gasteiger partial charge in [-0.3, -0.25) is 18.7 Å². The molecule has 0 aliphatic rings. The molecule has 3 aromatic rings. The third-order valence-corrected chi connectivity index (χ3v) is 4.84. The molecule has 0 atom stereocenters. The number of amides is 1. The Kier molecular flexibility index (Phi) is 5.17. The van der Waals surface area contributed by atoms with E-state index >= 15 is 0 Å². The van der Waals surface area contributed by atoms with Gasteiger partial charge in [-0.05, 0) is 40.2 Å². The number of halogens is 1. The SMILES string of the molecule is COc1ccc(NC(=O)CCn2c(Br)nc3c2c(=O)n(C)c(=O)n3C)cc1. The van der Waals surface area contributed by atoms with Gasteiger partial charge in [-0.1, -0.05) is 0 Å². The minimum Gasteiger partial charge on any atom is -0.497 e. The molecule has 10 heteroatoms. The first kappa shape index (κ1) is 18.9. The van der Waals surface area contributed by atoms with Crippen LogP contribution in [0.25, 0.3) is 11.2 Å². The van der Waals surface area contributed by atoms with E-state index in [4.69, 9.17) is 4.74 Å². The third-order valence-electron chi connectivity index (χ3n) is 4.24. The van der Waals surface area contributed by atoms with Crippen LogP contribution >= 0.6 is 15.9 Å². The fourth-order valence-electron chi connectivity index (χ4n) is 2.74. The number of imidazole rings is 1. The van der Waals surface area contributed by atoms with Crippen molar-refractivity contribution in [2.75, 3.05) is 12.4 Å². The Morgan fingerprint density at radius 2 is 1.85 bits per heavy atom. The summed E-state index contributed by atoms with van der Waals surface area (Å²) in [4.78, 5) is 41.0. The smallest absolute Gasteiger partial charge is 0.332 e. The van der Waals surface area contributed by atoms with Crippen LogP contribution in [-0.4, -0.2) is 31.7 Å². The average Bonchev–Trinajstić information content (AvgIpc) is 3.00. The summed E-state index contributed by atoms with van der Waals surface area (Å²) in [6.45, 7) is 0.229. The van der Waals surface area contributed by atoms with E-state index in [1.54, 1.807) is 43.0 Å². The van der Waals surface area contributed by atoms with Crippen LogP contribution in [0.4, 0.5) is 5.69 Å². The molecule has 0 aliphatic carbocycles. The van der Waals surface area contributed by atoms with Crippen LogP contribution in [0.1, 0.15) is 6.42 Å². The zero-order valence-electron chi connectivity index (χ0n) is 15.0. The van der Waals surface area contributed by atoms with Gasteiger partial charge in [0, 0.05) is 32.7 Å². The first-order valence-electron chi connectivity index (χ1n) is 8.09. The predicted octanol–water partition coefficient (Wildman–Crippen LogP) is 1.23. The molecular weight excluding hydrogens is 418 g/mol. The van der Waals surface area contributed by atoms with E-state index < -0.39 is 11.2 Å². The quantitative estimate of drug-likeness (QED) is 0.607. The second-order valence-electron chi connectivity index (χ2n) is 5.94. The van der Waals surface area contributed by atoms with Gasteiger partial charge < -0.3 is 14.6 Å². The number of nitrogens with zero attached hydrogens (tertiary/aromatic N) is 4. The lowest BCUT2D eigenvalue weighted by molar-refractivity contribution is -0.116. The molecule has 0 spiro atoms. The Balaban J connectivity index is 1.82. The van der Waals surface area contributed by atoms with Gasteiger partial charge >= 0.3 is 5.69 Å². The molecule has 0 radical (unpaired) electrons. The molecule has 1 N–H and O–H groups in total. The van der Waals surface area contributed by atoms with Gasteiger partial charge in [0.1, 0.15) is 5.75 Å². The van der Waals surface area contributed by atoms with E-state index in [9.17, 15) is 14.4 Å². The highest BCUT2D eigenvalue weighted by atomic mass is 79.9. The molecule has 1 amide bonds. The highest BCUT2D eigenvalue weighted by Crippen LogP contribution is 2.18. The average molecular weight is 436 g/mol. The lowest BCUT2D eigenvalue weighted by atomic mass is 10.3. The van der Waals surface area contributed by atoms with Crippen LogP contribution < -0.4 is 21.3 Å². The number of fused-ring (bicyclic) bond motifs is 1. The molecule has 27 heavy (non-hydrogen) atoms. The maximum Gasteiger partial charge on any atom is 0.332 e. The number of carbonyl (C=O) groups excluding carboxylic acids is 1. The van der Waals surface area contributed by atoms with Crippen LogP contribution in [0.2, 0.25) is 0 Å². The molecule has 2 aromatic heterocycles. The van der Waals surface area contributed by atoms with Crippen molar-refractivity contribution >= 4 is 38.7 Å². The van der Waals surface area contributed by atoms with Crippen molar-refractivity contribution in [2.24, 2.45) is 14.1 Å². The summed E-state index contributed by atoms with van der Waals surface area (Å²) in [5.74, 6) is 0.485. The normalized spacial score (nSPS) is 11.0. The van der Waals surface area contributed by atoms with Gasteiger partial charge in [0.25, 0.3) is 5.56 Å². The van der Waals surface area contributed by atoms with Crippen molar-refractivity contribution in [3.05, 3.63) is 49.8 Å². The van der Waals surface area contributed by atoms with E-state index in [0.717, 1.165) is 4.57 Å². The van der Waals surface area contributed by atoms with Crippen molar-refractivity contribution in [1.29, 1.82) is 0 Å². The first-order valence-corrected chi connectivity index (χ1v) is 8.88. The lowest BCUT2D eigenvalue weighted by Gasteiger charge is -2.09. The zero-order valence-corrected chi connectivity index (χ0v) is 16.6. The fourth-order valence-corrected chi connectivity index (χ4v) is 3.26. The summed E-state index contributed by atoms with van der Waals surface area (Å²) in [5, 5.41) is 2.79. The van der Waals surface area contributed by atoms with Crippen LogP contribution in [0, 0.1) is 0 Å². The Hall–Kier alpha value is -2.88. The summed E-state index contributed by atoms with van der Waals surface area (Å²) in [7, 11) is 4.52. The molecule has 142 valence electrons. The highest BCUT2D eigenvalue weighted by molar-refractivity contribution is 9.10. The Morgan fingerprint density at radius 3 is 2.48 bits per heavy atom. The van der Waals surface area contributed by atoms with Crippen LogP contribution in [-0.2, 0) is 25.4 Å². The van der Waals surface area contributed by atoms with Crippen molar-refractivity contribution in [3.63, 3.8) is 0 Å². The molecule has 3 rings (SSSR count). The Morgan fingerprint density at radius 1 is 1.19 bits per heavy atom. The minimum absolute atomic E-state index is 0.127. The summed E-state index contributed by atoms with van der Waals surface area (Å²) in [5.41, 5.74) is 0.270. The van der Waals surface area contributed by atoms with E-state index in [-0.39, 0.29) is 30.0 Å². The molecular formula is C17H18BrN5O4. The number of aryl methyl sites for hydroxylation is 2. The van der Waals surface area contributed by atoms with Gasteiger partial charge in [-0.2, -0.15) is 0 Å². The van der Waals surface area contributed by atoms with Crippen LogP contribution in [0.3, 0.4) is 0 Å². The number of rotatable bonds is 5. The largest absolute Gasteiger partial charge is 0.497 e. The van der Waals surface area contributed by atoms with Gasteiger partial charge in [-0.15, -0.1) is 0 Å². The first-order chi connectivity index (χ1) is 12.8. The molecule has 0 unspecified atom stereocenters. The number of aromatic nitrogens is 4. The second-order valence-corrected chi connectivity index (χ2v) is 6.65. The number of benzene rings is 1. The Bertz CT molecular complexity index is 1130. The molecule has 0 saturated carbocycles. The number of hydrogen-bond acceptors (Lipinski definition) is 5. The summed E-state index contributed by atoms with van der Waals surface area (Å²) < 4.78 is 9.37. The zero-order chi connectivity index (χ0) is 19.7. The van der Waals surface area contributed by atoms with Gasteiger partial charge in [0.2, 0.25) is 5.91 Å².